The van der Waals surface area contributed by atoms with Gasteiger partial charge >= 0.3 is 0 Å². The third-order valence-electron chi connectivity index (χ3n) is 3.29. The number of hydrogen-bond acceptors (Lipinski definition) is 4. The second-order valence-electron chi connectivity index (χ2n) is 4.80. The maximum Gasteiger partial charge on any atom is 0.237 e. The SMILES string of the molecule is COCC1CCN(C(=O)CN(C)S(C)(=O)=O)CC1. The van der Waals surface area contributed by atoms with Crippen molar-refractivity contribution in [3.05, 3.63) is 0 Å². The minimum atomic E-state index is -3.29. The van der Waals surface area contributed by atoms with Crippen molar-refractivity contribution in [3.63, 3.8) is 0 Å². The molecule has 1 amide bonds. The van der Waals surface area contributed by atoms with Gasteiger partial charge in [0.05, 0.1) is 12.8 Å². The number of rotatable bonds is 5. The predicted octanol–water partition coefficient (Wildman–Crippen LogP) is -0.237. The number of nitrogens with zero attached hydrogens (tertiary/aromatic N) is 2. The molecule has 0 N–H and O–H groups in total. The molecule has 0 unspecified atom stereocenters. The van der Waals surface area contributed by atoms with Crippen LogP contribution in [0.15, 0.2) is 0 Å². The Morgan fingerprint density at radius 3 is 2.39 bits per heavy atom. The normalized spacial score (nSPS) is 18.3. The first-order valence-electron chi connectivity index (χ1n) is 6.02. The summed E-state index contributed by atoms with van der Waals surface area (Å²) in [4.78, 5) is 13.6. The van der Waals surface area contributed by atoms with Crippen molar-refractivity contribution < 1.29 is 17.9 Å². The second-order valence-corrected chi connectivity index (χ2v) is 6.89. The van der Waals surface area contributed by atoms with E-state index in [1.165, 1.54) is 7.05 Å². The van der Waals surface area contributed by atoms with E-state index in [1.807, 2.05) is 0 Å². The lowest BCUT2D eigenvalue weighted by Crippen LogP contribution is -2.44. The Morgan fingerprint density at radius 2 is 1.94 bits per heavy atom. The molecule has 0 saturated carbocycles. The van der Waals surface area contributed by atoms with Crippen LogP contribution in [0.4, 0.5) is 0 Å². The van der Waals surface area contributed by atoms with E-state index in [1.54, 1.807) is 12.0 Å². The number of methoxy groups -OCH3 is 1. The fourth-order valence-electron chi connectivity index (χ4n) is 1.99. The third kappa shape index (κ3) is 4.55. The molecule has 0 aliphatic carbocycles. The summed E-state index contributed by atoms with van der Waals surface area (Å²) in [5.74, 6) is 0.380. The Balaban J connectivity index is 2.41. The van der Waals surface area contributed by atoms with Crippen molar-refractivity contribution >= 4 is 15.9 Å². The van der Waals surface area contributed by atoms with E-state index in [-0.39, 0.29) is 12.5 Å². The molecule has 6 nitrogen and oxygen atoms in total. The molecule has 0 aromatic carbocycles. The average molecular weight is 278 g/mol. The molecule has 0 bridgehead atoms. The molecule has 106 valence electrons. The highest BCUT2D eigenvalue weighted by atomic mass is 32.2. The van der Waals surface area contributed by atoms with Crippen LogP contribution < -0.4 is 0 Å². The van der Waals surface area contributed by atoms with E-state index < -0.39 is 10.0 Å². The van der Waals surface area contributed by atoms with E-state index in [0.717, 1.165) is 30.0 Å². The van der Waals surface area contributed by atoms with Gasteiger partial charge in [0, 0.05) is 33.9 Å². The van der Waals surface area contributed by atoms with E-state index >= 15 is 0 Å². The van der Waals surface area contributed by atoms with Gasteiger partial charge in [0.15, 0.2) is 0 Å². The van der Waals surface area contributed by atoms with Crippen molar-refractivity contribution in [2.24, 2.45) is 5.92 Å². The van der Waals surface area contributed by atoms with Gasteiger partial charge in [-0.15, -0.1) is 0 Å². The van der Waals surface area contributed by atoms with Gasteiger partial charge in [0.1, 0.15) is 0 Å². The van der Waals surface area contributed by atoms with Gasteiger partial charge in [-0.1, -0.05) is 0 Å². The van der Waals surface area contributed by atoms with E-state index in [9.17, 15) is 13.2 Å². The number of carbonyl (C=O) groups is 1. The zero-order valence-corrected chi connectivity index (χ0v) is 12.1. The number of piperidine rings is 1. The van der Waals surface area contributed by atoms with Crippen LogP contribution in [0, 0.1) is 5.92 Å². The number of likely N-dealkylation sites (tertiary alicyclic amines) is 1. The average Bonchev–Trinajstić information content (AvgIpc) is 2.29. The van der Waals surface area contributed by atoms with Crippen LogP contribution in [-0.2, 0) is 19.6 Å². The van der Waals surface area contributed by atoms with Gasteiger partial charge in [-0.2, -0.15) is 4.31 Å². The second kappa shape index (κ2) is 6.49. The highest BCUT2D eigenvalue weighted by molar-refractivity contribution is 7.88. The maximum atomic E-state index is 11.9. The first-order valence-corrected chi connectivity index (χ1v) is 7.87. The largest absolute Gasteiger partial charge is 0.384 e. The molecular formula is C11H22N2O4S. The fraction of sp³-hybridized carbons (Fsp3) is 0.909. The van der Waals surface area contributed by atoms with E-state index in [0.29, 0.717) is 19.0 Å². The molecule has 1 aliphatic heterocycles. The van der Waals surface area contributed by atoms with Crippen molar-refractivity contribution in [3.8, 4) is 0 Å². The summed E-state index contributed by atoms with van der Waals surface area (Å²) >= 11 is 0. The zero-order chi connectivity index (χ0) is 13.8. The van der Waals surface area contributed by atoms with E-state index in [2.05, 4.69) is 0 Å². The molecule has 0 aromatic rings. The summed E-state index contributed by atoms with van der Waals surface area (Å²) in [5.41, 5.74) is 0. The number of amides is 1. The molecule has 0 radical (unpaired) electrons. The summed E-state index contributed by atoms with van der Waals surface area (Å²) in [6, 6.07) is 0. The Kier molecular flexibility index (Phi) is 5.55. The van der Waals surface area contributed by atoms with Crippen LogP contribution >= 0.6 is 0 Å². The Morgan fingerprint density at radius 1 is 1.39 bits per heavy atom. The lowest BCUT2D eigenvalue weighted by molar-refractivity contribution is -0.132. The fourth-order valence-corrected chi connectivity index (χ4v) is 2.34. The number of carbonyl (C=O) groups excluding carboxylic acids is 1. The number of ether oxygens (including phenoxy) is 1. The number of sulfonamides is 1. The van der Waals surface area contributed by atoms with Crippen LogP contribution in [0.5, 0.6) is 0 Å². The van der Waals surface area contributed by atoms with Crippen molar-refractivity contribution in [1.82, 2.24) is 9.21 Å². The standard InChI is InChI=1S/C11H22N2O4S/c1-12(18(3,15)16)8-11(14)13-6-4-10(5-7-13)9-17-2/h10H,4-9H2,1-3H3. The lowest BCUT2D eigenvalue weighted by Gasteiger charge is -2.32. The molecule has 1 saturated heterocycles. The van der Waals surface area contributed by atoms with Gasteiger partial charge < -0.3 is 9.64 Å². The van der Waals surface area contributed by atoms with Crippen molar-refractivity contribution in [2.45, 2.75) is 12.8 Å². The summed E-state index contributed by atoms with van der Waals surface area (Å²) in [5, 5.41) is 0. The van der Waals surface area contributed by atoms with Gasteiger partial charge in [-0.3, -0.25) is 4.79 Å². The van der Waals surface area contributed by atoms with Gasteiger partial charge in [0.2, 0.25) is 15.9 Å². The van der Waals surface area contributed by atoms with Gasteiger partial charge in [0.25, 0.3) is 0 Å². The highest BCUT2D eigenvalue weighted by Crippen LogP contribution is 2.17. The first-order chi connectivity index (χ1) is 8.34. The maximum absolute atomic E-state index is 11.9. The summed E-state index contributed by atoms with van der Waals surface area (Å²) in [6.45, 7) is 2.02. The summed E-state index contributed by atoms with van der Waals surface area (Å²) < 4.78 is 28.6. The molecule has 1 rings (SSSR count). The highest BCUT2D eigenvalue weighted by Gasteiger charge is 2.24. The number of likely N-dealkylation sites (N-methyl/N-ethyl adjacent to an activating group) is 1. The van der Waals surface area contributed by atoms with Crippen LogP contribution in [0.3, 0.4) is 0 Å². The first kappa shape index (κ1) is 15.4. The minimum absolute atomic E-state index is 0.0756. The van der Waals surface area contributed by atoms with Crippen molar-refractivity contribution in [2.75, 3.05) is 46.7 Å². The Hall–Kier alpha value is -0.660. The molecule has 0 aromatic heterocycles. The number of hydrogen-bond donors (Lipinski definition) is 0. The Bertz CT molecular complexity index is 375. The molecule has 0 spiro atoms. The molecule has 1 aliphatic rings. The summed E-state index contributed by atoms with van der Waals surface area (Å²) in [6.07, 6.45) is 2.94. The van der Waals surface area contributed by atoms with Crippen LogP contribution in [0.1, 0.15) is 12.8 Å². The quantitative estimate of drug-likeness (QED) is 0.696. The van der Waals surface area contributed by atoms with Crippen LogP contribution in [0.2, 0.25) is 0 Å². The van der Waals surface area contributed by atoms with E-state index in [4.69, 9.17) is 4.74 Å². The molecule has 18 heavy (non-hydrogen) atoms. The van der Waals surface area contributed by atoms with Gasteiger partial charge in [-0.05, 0) is 18.8 Å². The minimum Gasteiger partial charge on any atom is -0.384 e. The molecule has 0 atom stereocenters. The van der Waals surface area contributed by atoms with Crippen LogP contribution in [-0.4, -0.2) is 70.2 Å². The molecule has 1 fully saturated rings. The van der Waals surface area contributed by atoms with Crippen molar-refractivity contribution in [1.29, 1.82) is 0 Å². The molecule has 7 heteroatoms. The smallest absolute Gasteiger partial charge is 0.237 e. The van der Waals surface area contributed by atoms with Gasteiger partial charge in [-0.25, -0.2) is 8.42 Å². The third-order valence-corrected chi connectivity index (χ3v) is 4.56. The summed E-state index contributed by atoms with van der Waals surface area (Å²) in [7, 11) is -0.189. The zero-order valence-electron chi connectivity index (χ0n) is 11.3. The molecular weight excluding hydrogens is 256 g/mol. The predicted molar refractivity (Wildman–Crippen MR) is 68.7 cm³/mol. The Labute approximate surface area is 109 Å². The topological polar surface area (TPSA) is 66.9 Å². The monoisotopic (exact) mass is 278 g/mol. The lowest BCUT2D eigenvalue weighted by atomic mass is 9.98. The van der Waals surface area contributed by atoms with Crippen LogP contribution in [0.25, 0.3) is 0 Å². The molecule has 1 heterocycles.